The van der Waals surface area contributed by atoms with Crippen LogP contribution in [0.5, 0.6) is 23.0 Å². The topological polar surface area (TPSA) is 230 Å². The molecule has 0 aromatic heterocycles. The first-order chi connectivity index (χ1) is 15.5. The Balaban J connectivity index is 0. The largest absolute Gasteiger partial charge is 0.507 e. The number of phenols is 4. The standard InChI is InChI=1S/C14H10O4.4C2H4O2/c15-9-5-6-10(16)12-11(9)13(17)7-3-1-2-4-8(7)14(12)18;4*1-2(3)4/h1-6,15-18H;4*1H3,(H,3,4). The number of fused-ring (bicyclic) bond motifs is 2. The van der Waals surface area contributed by atoms with Crippen molar-refractivity contribution >= 4 is 45.4 Å². The van der Waals surface area contributed by atoms with Crippen LogP contribution in [0.15, 0.2) is 36.4 Å². The summed E-state index contributed by atoms with van der Waals surface area (Å²) in [5.74, 6) is -4.04. The van der Waals surface area contributed by atoms with E-state index in [2.05, 4.69) is 0 Å². The lowest BCUT2D eigenvalue weighted by Crippen LogP contribution is -1.82. The van der Waals surface area contributed by atoms with E-state index in [1.807, 2.05) is 0 Å². The summed E-state index contributed by atoms with van der Waals surface area (Å²) in [5.41, 5.74) is 0. The van der Waals surface area contributed by atoms with E-state index in [4.69, 9.17) is 39.6 Å². The minimum Gasteiger partial charge on any atom is -0.507 e. The average Bonchev–Trinajstić information content (AvgIpc) is 2.66. The number of hydrogen-bond acceptors (Lipinski definition) is 8. The van der Waals surface area contributed by atoms with E-state index in [0.717, 1.165) is 27.7 Å². The van der Waals surface area contributed by atoms with E-state index >= 15 is 0 Å². The van der Waals surface area contributed by atoms with E-state index in [1.165, 1.54) is 12.1 Å². The van der Waals surface area contributed by atoms with Gasteiger partial charge in [-0.1, -0.05) is 24.3 Å². The highest BCUT2D eigenvalue weighted by molar-refractivity contribution is 6.14. The van der Waals surface area contributed by atoms with Gasteiger partial charge in [-0.15, -0.1) is 0 Å². The van der Waals surface area contributed by atoms with Crippen LogP contribution >= 0.6 is 0 Å². The lowest BCUT2D eigenvalue weighted by Gasteiger charge is -2.11. The Bertz CT molecular complexity index is 1020. The Morgan fingerprint density at radius 3 is 0.912 bits per heavy atom. The summed E-state index contributed by atoms with van der Waals surface area (Å²) < 4.78 is 0. The van der Waals surface area contributed by atoms with Gasteiger partial charge < -0.3 is 40.9 Å². The number of carbonyl (C=O) groups is 4. The highest BCUT2D eigenvalue weighted by Crippen LogP contribution is 2.48. The number of aromatic hydroxyl groups is 4. The first-order valence-corrected chi connectivity index (χ1v) is 9.09. The third-order valence-corrected chi connectivity index (χ3v) is 3.07. The Morgan fingerprint density at radius 2 is 0.706 bits per heavy atom. The van der Waals surface area contributed by atoms with Crippen LogP contribution in [0.1, 0.15) is 27.7 Å². The SMILES string of the molecule is CC(=O)O.CC(=O)O.CC(=O)O.CC(=O)O.Oc1ccc(O)c2c(O)c3ccccc3c(O)c12. The molecule has 12 nitrogen and oxygen atoms in total. The zero-order valence-electron chi connectivity index (χ0n) is 18.7. The second kappa shape index (κ2) is 15.1. The van der Waals surface area contributed by atoms with Gasteiger partial charge in [-0.25, -0.2) is 0 Å². The second-order valence-electron chi connectivity index (χ2n) is 6.17. The van der Waals surface area contributed by atoms with Crippen molar-refractivity contribution < 1.29 is 60.0 Å². The van der Waals surface area contributed by atoms with Crippen molar-refractivity contribution in [3.8, 4) is 23.0 Å². The summed E-state index contributed by atoms with van der Waals surface area (Å²) in [7, 11) is 0. The molecule has 0 saturated heterocycles. The predicted octanol–water partition coefficient (Wildman–Crippen LogP) is 3.18. The molecule has 0 aliphatic carbocycles. The number of rotatable bonds is 0. The van der Waals surface area contributed by atoms with Crippen LogP contribution in [-0.4, -0.2) is 64.7 Å². The monoisotopic (exact) mass is 482 g/mol. The lowest BCUT2D eigenvalue weighted by molar-refractivity contribution is -0.135. The van der Waals surface area contributed by atoms with Gasteiger partial charge in [-0.05, 0) is 12.1 Å². The van der Waals surface area contributed by atoms with E-state index in [9.17, 15) is 20.4 Å². The van der Waals surface area contributed by atoms with Gasteiger partial charge in [0.2, 0.25) is 0 Å². The average molecular weight is 482 g/mol. The summed E-state index contributed by atoms with van der Waals surface area (Å²) >= 11 is 0. The highest BCUT2D eigenvalue weighted by atomic mass is 16.4. The van der Waals surface area contributed by atoms with Crippen molar-refractivity contribution in [2.75, 3.05) is 0 Å². The van der Waals surface area contributed by atoms with Gasteiger partial charge in [0.05, 0.1) is 10.8 Å². The van der Waals surface area contributed by atoms with Gasteiger partial charge in [0.15, 0.2) is 0 Å². The maximum absolute atomic E-state index is 10.2. The normalized spacial score (nSPS) is 8.82. The van der Waals surface area contributed by atoms with E-state index < -0.39 is 23.9 Å². The van der Waals surface area contributed by atoms with E-state index in [0.29, 0.717) is 10.8 Å². The van der Waals surface area contributed by atoms with Gasteiger partial charge in [0.25, 0.3) is 23.9 Å². The fraction of sp³-hybridized carbons (Fsp3) is 0.182. The van der Waals surface area contributed by atoms with Crippen LogP contribution in [0.4, 0.5) is 0 Å². The molecule has 0 aliphatic rings. The highest BCUT2D eigenvalue weighted by Gasteiger charge is 2.18. The Labute approximate surface area is 193 Å². The Hall–Kier alpha value is -4.74. The summed E-state index contributed by atoms with van der Waals surface area (Å²) in [4.78, 5) is 36.0. The van der Waals surface area contributed by atoms with Crippen molar-refractivity contribution in [1.29, 1.82) is 0 Å². The molecule has 12 heteroatoms. The summed E-state index contributed by atoms with van der Waals surface area (Å²) in [5, 5.41) is 70.5. The van der Waals surface area contributed by atoms with Gasteiger partial charge >= 0.3 is 0 Å². The number of hydrogen-bond donors (Lipinski definition) is 8. The first kappa shape index (κ1) is 31.4. The Morgan fingerprint density at radius 1 is 0.500 bits per heavy atom. The molecule has 3 aromatic carbocycles. The molecule has 34 heavy (non-hydrogen) atoms. The molecule has 8 N–H and O–H groups in total. The summed E-state index contributed by atoms with van der Waals surface area (Å²) in [6, 6.07) is 9.23. The number of benzene rings is 3. The second-order valence-corrected chi connectivity index (χ2v) is 6.17. The van der Waals surface area contributed by atoms with Crippen molar-refractivity contribution in [3.63, 3.8) is 0 Å². The minimum atomic E-state index is -0.833. The molecule has 0 aliphatic heterocycles. The molecule has 0 unspecified atom stereocenters. The number of carboxylic acids is 4. The molecule has 3 aromatic rings. The molecular weight excluding hydrogens is 456 g/mol. The third-order valence-electron chi connectivity index (χ3n) is 3.07. The van der Waals surface area contributed by atoms with Gasteiger partial charge in [-0.3, -0.25) is 19.2 Å². The molecule has 0 saturated carbocycles. The van der Waals surface area contributed by atoms with Gasteiger partial charge in [-0.2, -0.15) is 0 Å². The van der Waals surface area contributed by atoms with Crippen LogP contribution in [0.3, 0.4) is 0 Å². The zero-order valence-corrected chi connectivity index (χ0v) is 18.7. The van der Waals surface area contributed by atoms with Crippen LogP contribution in [0, 0.1) is 0 Å². The summed E-state index contributed by atoms with van der Waals surface area (Å²) in [6.07, 6.45) is 0. The quantitative estimate of drug-likeness (QED) is 0.170. The minimum absolute atomic E-state index is 0.0474. The van der Waals surface area contributed by atoms with Crippen molar-refractivity contribution in [2.24, 2.45) is 0 Å². The van der Waals surface area contributed by atoms with Crippen molar-refractivity contribution in [2.45, 2.75) is 27.7 Å². The predicted molar refractivity (Wildman–Crippen MR) is 121 cm³/mol. The van der Waals surface area contributed by atoms with Gasteiger partial charge in [0.1, 0.15) is 23.0 Å². The molecule has 0 fully saturated rings. The molecule has 0 radical (unpaired) electrons. The lowest BCUT2D eigenvalue weighted by atomic mass is 9.99. The van der Waals surface area contributed by atoms with Crippen LogP contribution in [-0.2, 0) is 19.2 Å². The molecule has 0 heterocycles. The number of aliphatic carboxylic acids is 4. The molecule has 3 rings (SSSR count). The maximum Gasteiger partial charge on any atom is 0.300 e. The first-order valence-electron chi connectivity index (χ1n) is 9.09. The van der Waals surface area contributed by atoms with Crippen LogP contribution < -0.4 is 0 Å². The maximum atomic E-state index is 10.2. The zero-order chi connectivity index (χ0) is 27.2. The molecule has 186 valence electrons. The fourth-order valence-electron chi connectivity index (χ4n) is 2.23. The number of carboxylic acid groups (broad SMARTS) is 4. The van der Waals surface area contributed by atoms with E-state index in [1.54, 1.807) is 24.3 Å². The number of phenolic OH excluding ortho intramolecular Hbond substituents is 4. The van der Waals surface area contributed by atoms with Crippen molar-refractivity contribution in [1.82, 2.24) is 0 Å². The Kier molecular flexibility index (Phi) is 14.0. The van der Waals surface area contributed by atoms with Crippen molar-refractivity contribution in [3.05, 3.63) is 36.4 Å². The molecule has 0 atom stereocenters. The molecule has 0 spiro atoms. The molecular formula is C22H26O12. The molecule has 0 amide bonds. The van der Waals surface area contributed by atoms with E-state index in [-0.39, 0.29) is 33.8 Å². The third kappa shape index (κ3) is 12.2. The summed E-state index contributed by atoms with van der Waals surface area (Å²) in [6.45, 7) is 4.33. The fourth-order valence-corrected chi connectivity index (χ4v) is 2.23. The van der Waals surface area contributed by atoms with Crippen LogP contribution in [0.25, 0.3) is 21.5 Å². The van der Waals surface area contributed by atoms with Crippen LogP contribution in [0.2, 0.25) is 0 Å². The smallest absolute Gasteiger partial charge is 0.300 e. The molecule has 0 bridgehead atoms. The van der Waals surface area contributed by atoms with Gasteiger partial charge in [0, 0.05) is 38.5 Å².